The van der Waals surface area contributed by atoms with Crippen molar-refractivity contribution in [2.45, 2.75) is 32.1 Å². The molecule has 1 saturated heterocycles. The summed E-state index contributed by atoms with van der Waals surface area (Å²) in [5.74, 6) is 0.734. The monoisotopic (exact) mass is 408 g/mol. The third-order valence-corrected chi connectivity index (χ3v) is 6.94. The maximum absolute atomic E-state index is 12.4. The van der Waals surface area contributed by atoms with Crippen molar-refractivity contribution in [1.82, 2.24) is 9.38 Å². The first-order valence-corrected chi connectivity index (χ1v) is 10.7. The number of fused-ring (bicyclic) bond motifs is 4. The number of imidazole rings is 1. The molecule has 3 aromatic rings. The minimum Gasteiger partial charge on any atom is -0.396 e. The Morgan fingerprint density at radius 1 is 1.23 bits per heavy atom. The Labute approximate surface area is 175 Å². The fourth-order valence-electron chi connectivity index (χ4n) is 5.38. The van der Waals surface area contributed by atoms with Gasteiger partial charge in [-0.15, -0.1) is 0 Å². The summed E-state index contributed by atoms with van der Waals surface area (Å²) in [6.07, 6.45) is 4.53. The Bertz CT molecular complexity index is 1130. The lowest BCUT2D eigenvalue weighted by molar-refractivity contribution is 0.0118. The Morgan fingerprint density at radius 2 is 1.97 bits per heavy atom. The molecule has 1 aromatic carbocycles. The summed E-state index contributed by atoms with van der Waals surface area (Å²) in [5.41, 5.74) is 11.0. The number of rotatable bonds is 5. The SMILES string of the molecule is COCC1(CO)CCN(c2c3c(c(C(N)=O)c4nc5ccccc5n24)CCC3)CC1. The maximum Gasteiger partial charge on any atom is 0.252 e. The molecule has 0 unspecified atom stereocenters. The van der Waals surface area contributed by atoms with E-state index in [0.29, 0.717) is 17.8 Å². The summed E-state index contributed by atoms with van der Waals surface area (Å²) in [4.78, 5) is 19.7. The molecule has 158 valence electrons. The molecule has 3 heterocycles. The van der Waals surface area contributed by atoms with Crippen molar-refractivity contribution >= 4 is 28.4 Å². The number of piperidine rings is 1. The fourth-order valence-corrected chi connectivity index (χ4v) is 5.38. The third kappa shape index (κ3) is 2.80. The number of para-hydroxylation sites is 2. The molecular formula is C23H28N4O3. The lowest BCUT2D eigenvalue weighted by Gasteiger charge is -2.42. The van der Waals surface area contributed by atoms with Crippen molar-refractivity contribution in [3.8, 4) is 0 Å². The first-order valence-electron chi connectivity index (χ1n) is 10.7. The number of hydrogen-bond donors (Lipinski definition) is 2. The van der Waals surface area contributed by atoms with E-state index < -0.39 is 5.91 Å². The van der Waals surface area contributed by atoms with Gasteiger partial charge in [0.25, 0.3) is 5.91 Å². The second kappa shape index (κ2) is 7.25. The highest BCUT2D eigenvalue weighted by Crippen LogP contribution is 2.41. The van der Waals surface area contributed by atoms with E-state index in [1.807, 2.05) is 18.2 Å². The van der Waals surface area contributed by atoms with Gasteiger partial charge in [0.05, 0.1) is 29.8 Å². The van der Waals surface area contributed by atoms with Crippen LogP contribution in [0.4, 0.5) is 5.82 Å². The number of nitrogens with two attached hydrogens (primary N) is 1. The number of pyridine rings is 1. The number of ether oxygens (including phenoxy) is 1. The molecule has 1 aliphatic carbocycles. The Hall–Kier alpha value is -2.64. The molecule has 7 heteroatoms. The van der Waals surface area contributed by atoms with Crippen LogP contribution in [0.3, 0.4) is 0 Å². The van der Waals surface area contributed by atoms with Crippen LogP contribution in [0.25, 0.3) is 16.7 Å². The van der Waals surface area contributed by atoms with Gasteiger partial charge in [0.2, 0.25) is 0 Å². The Kier molecular flexibility index (Phi) is 4.67. The van der Waals surface area contributed by atoms with Crippen molar-refractivity contribution in [1.29, 1.82) is 0 Å². The van der Waals surface area contributed by atoms with E-state index in [4.69, 9.17) is 15.5 Å². The van der Waals surface area contributed by atoms with Gasteiger partial charge in [-0.3, -0.25) is 9.20 Å². The van der Waals surface area contributed by atoms with E-state index in [2.05, 4.69) is 15.4 Å². The van der Waals surface area contributed by atoms with E-state index in [-0.39, 0.29) is 12.0 Å². The number of hydrogen-bond acceptors (Lipinski definition) is 5. The highest BCUT2D eigenvalue weighted by atomic mass is 16.5. The second-order valence-corrected chi connectivity index (χ2v) is 8.71. The topological polar surface area (TPSA) is 93.1 Å². The molecule has 0 atom stereocenters. The van der Waals surface area contributed by atoms with Crippen molar-refractivity contribution in [3.05, 3.63) is 41.0 Å². The first-order chi connectivity index (χ1) is 14.6. The predicted octanol–water partition coefficient (Wildman–Crippen LogP) is 2.30. The molecule has 30 heavy (non-hydrogen) atoms. The van der Waals surface area contributed by atoms with Crippen molar-refractivity contribution < 1.29 is 14.6 Å². The zero-order valence-electron chi connectivity index (χ0n) is 17.4. The number of aliphatic hydroxyl groups is 1. The molecule has 0 saturated carbocycles. The van der Waals surface area contributed by atoms with Crippen LogP contribution in [-0.2, 0) is 17.6 Å². The molecule has 5 rings (SSSR count). The van der Waals surface area contributed by atoms with Gasteiger partial charge in [0.15, 0.2) is 5.65 Å². The van der Waals surface area contributed by atoms with E-state index >= 15 is 0 Å². The second-order valence-electron chi connectivity index (χ2n) is 8.71. The number of carbonyl (C=O) groups excluding carboxylic acids is 1. The lowest BCUT2D eigenvalue weighted by atomic mass is 9.80. The molecule has 1 aliphatic heterocycles. The van der Waals surface area contributed by atoms with Crippen molar-refractivity contribution in [2.75, 3.05) is 38.3 Å². The minimum atomic E-state index is -0.405. The number of nitrogens with zero attached hydrogens (tertiary/aromatic N) is 3. The molecule has 0 spiro atoms. The van der Waals surface area contributed by atoms with Crippen LogP contribution in [0.5, 0.6) is 0 Å². The molecule has 1 amide bonds. The number of carbonyl (C=O) groups is 1. The number of benzene rings is 1. The molecule has 2 aliphatic rings. The summed E-state index contributed by atoms with van der Waals surface area (Å²) in [6, 6.07) is 8.00. The lowest BCUT2D eigenvalue weighted by Crippen LogP contribution is -2.45. The summed E-state index contributed by atoms with van der Waals surface area (Å²) in [7, 11) is 1.69. The average molecular weight is 409 g/mol. The maximum atomic E-state index is 12.4. The number of amides is 1. The van der Waals surface area contributed by atoms with Crippen molar-refractivity contribution in [3.63, 3.8) is 0 Å². The van der Waals surface area contributed by atoms with Crippen LogP contribution in [0.1, 0.15) is 40.7 Å². The third-order valence-electron chi connectivity index (χ3n) is 6.94. The van der Waals surface area contributed by atoms with Crippen LogP contribution in [0.2, 0.25) is 0 Å². The van der Waals surface area contributed by atoms with Crippen molar-refractivity contribution in [2.24, 2.45) is 11.1 Å². The van der Waals surface area contributed by atoms with Gasteiger partial charge in [0.1, 0.15) is 5.82 Å². The average Bonchev–Trinajstić information content (AvgIpc) is 3.37. The standard InChI is InChI=1S/C23H28N4O3/c1-30-14-23(13-28)9-11-26(12-10-23)22-16-6-4-5-15(16)19(20(24)29)21-25-17-7-2-3-8-18(17)27(21)22/h2-3,7-8,28H,4-6,9-14H2,1H3,(H2,24,29). The van der Waals surface area contributed by atoms with Gasteiger partial charge in [-0.25, -0.2) is 4.98 Å². The van der Waals surface area contributed by atoms with Gasteiger partial charge >= 0.3 is 0 Å². The van der Waals surface area contributed by atoms with E-state index in [1.54, 1.807) is 7.11 Å². The van der Waals surface area contributed by atoms with Gasteiger partial charge in [-0.05, 0) is 55.4 Å². The molecule has 2 aromatic heterocycles. The number of aliphatic hydroxyl groups excluding tert-OH is 1. The number of primary amides is 1. The van der Waals surface area contributed by atoms with Gasteiger partial charge in [-0.1, -0.05) is 12.1 Å². The van der Waals surface area contributed by atoms with Crippen LogP contribution in [-0.4, -0.2) is 53.8 Å². The highest BCUT2D eigenvalue weighted by molar-refractivity contribution is 6.03. The first kappa shape index (κ1) is 19.3. The summed E-state index contributed by atoms with van der Waals surface area (Å²) < 4.78 is 7.54. The summed E-state index contributed by atoms with van der Waals surface area (Å²) in [6.45, 7) is 2.36. The van der Waals surface area contributed by atoms with E-state index in [9.17, 15) is 9.90 Å². The fraction of sp³-hybridized carbons (Fsp3) is 0.478. The molecule has 0 radical (unpaired) electrons. The van der Waals surface area contributed by atoms with Crippen LogP contribution in [0, 0.1) is 5.41 Å². The van der Waals surface area contributed by atoms with Gasteiger partial charge in [-0.2, -0.15) is 0 Å². The zero-order valence-corrected chi connectivity index (χ0v) is 17.4. The number of aromatic nitrogens is 2. The summed E-state index contributed by atoms with van der Waals surface area (Å²) in [5, 5.41) is 10.00. The van der Waals surface area contributed by atoms with E-state index in [0.717, 1.165) is 67.6 Å². The Morgan fingerprint density at radius 3 is 2.67 bits per heavy atom. The van der Waals surface area contributed by atoms with Crippen LogP contribution < -0.4 is 10.6 Å². The number of methoxy groups -OCH3 is 1. The molecule has 3 N–H and O–H groups in total. The molecular weight excluding hydrogens is 380 g/mol. The zero-order chi connectivity index (χ0) is 20.9. The quantitative estimate of drug-likeness (QED) is 0.676. The predicted molar refractivity (Wildman–Crippen MR) is 116 cm³/mol. The normalized spacial score (nSPS) is 18.3. The summed E-state index contributed by atoms with van der Waals surface area (Å²) >= 11 is 0. The molecule has 0 bridgehead atoms. The largest absolute Gasteiger partial charge is 0.396 e. The minimum absolute atomic E-state index is 0.136. The van der Waals surface area contributed by atoms with E-state index in [1.165, 1.54) is 5.56 Å². The smallest absolute Gasteiger partial charge is 0.252 e. The van der Waals surface area contributed by atoms with Crippen LogP contribution in [0.15, 0.2) is 24.3 Å². The highest BCUT2D eigenvalue weighted by Gasteiger charge is 2.37. The van der Waals surface area contributed by atoms with Crippen LogP contribution >= 0.6 is 0 Å². The Balaban J connectivity index is 1.71. The number of anilines is 1. The van der Waals surface area contributed by atoms with Gasteiger partial charge in [0, 0.05) is 25.6 Å². The van der Waals surface area contributed by atoms with Gasteiger partial charge < -0.3 is 20.5 Å². The molecule has 1 fully saturated rings. The molecule has 7 nitrogen and oxygen atoms in total.